The van der Waals surface area contributed by atoms with Crippen LogP contribution in [0.4, 0.5) is 16.2 Å². The number of nitrogens with one attached hydrogen (secondary N) is 2. The summed E-state index contributed by atoms with van der Waals surface area (Å²) in [6.07, 6.45) is 1.95. The Morgan fingerprint density at radius 3 is 2.74 bits per heavy atom. The molecule has 1 aromatic carbocycles. The van der Waals surface area contributed by atoms with Crippen molar-refractivity contribution < 1.29 is 14.3 Å². The second kappa shape index (κ2) is 7.81. The fourth-order valence-corrected chi connectivity index (χ4v) is 3.46. The molecule has 23 heavy (non-hydrogen) atoms. The molecule has 0 aromatic heterocycles. The molecule has 6 heteroatoms. The first-order valence-corrected chi connectivity index (χ1v) is 9.05. The molecule has 1 fully saturated rings. The van der Waals surface area contributed by atoms with Gasteiger partial charge in [0.15, 0.2) is 0 Å². The molecule has 2 rings (SSSR count). The van der Waals surface area contributed by atoms with Gasteiger partial charge in [0.05, 0.1) is 12.8 Å². The van der Waals surface area contributed by atoms with E-state index in [1.54, 1.807) is 7.11 Å². The SMILES string of the molecule is COc1cc(NC2CCCSC2)ccc1NC(=O)OC(C)(C)C. The number of amides is 1. The Kier molecular flexibility index (Phi) is 6.04. The Morgan fingerprint density at radius 1 is 1.35 bits per heavy atom. The molecular formula is C17H26N2O3S. The largest absolute Gasteiger partial charge is 0.494 e. The van der Waals surface area contributed by atoms with Gasteiger partial charge in [-0.2, -0.15) is 11.8 Å². The first-order chi connectivity index (χ1) is 10.9. The van der Waals surface area contributed by atoms with E-state index in [9.17, 15) is 4.79 Å². The van der Waals surface area contributed by atoms with E-state index < -0.39 is 11.7 Å². The number of methoxy groups -OCH3 is 1. The van der Waals surface area contributed by atoms with E-state index in [2.05, 4.69) is 10.6 Å². The lowest BCUT2D eigenvalue weighted by Crippen LogP contribution is -2.27. The van der Waals surface area contributed by atoms with Crippen LogP contribution in [0, 0.1) is 0 Å². The van der Waals surface area contributed by atoms with Crippen molar-refractivity contribution in [2.45, 2.75) is 45.3 Å². The number of carbonyl (C=O) groups excluding carboxylic acids is 1. The standard InChI is InChI=1S/C17H26N2O3S/c1-17(2,3)22-16(20)19-14-8-7-12(10-15(14)21-4)18-13-6-5-9-23-11-13/h7-8,10,13,18H,5-6,9,11H2,1-4H3,(H,19,20). The van der Waals surface area contributed by atoms with Crippen LogP contribution >= 0.6 is 11.8 Å². The zero-order valence-electron chi connectivity index (χ0n) is 14.3. The molecule has 1 saturated heterocycles. The maximum atomic E-state index is 11.9. The molecule has 0 saturated carbocycles. The molecule has 1 amide bonds. The van der Waals surface area contributed by atoms with Crippen LogP contribution in [0.15, 0.2) is 18.2 Å². The maximum absolute atomic E-state index is 11.9. The molecule has 1 aliphatic rings. The lowest BCUT2D eigenvalue weighted by atomic mass is 10.1. The van der Waals surface area contributed by atoms with Gasteiger partial charge in [0.2, 0.25) is 0 Å². The van der Waals surface area contributed by atoms with Crippen LogP contribution in [0.1, 0.15) is 33.6 Å². The van der Waals surface area contributed by atoms with Gasteiger partial charge in [0.1, 0.15) is 11.4 Å². The summed E-state index contributed by atoms with van der Waals surface area (Å²) in [7, 11) is 1.59. The van der Waals surface area contributed by atoms with Gasteiger partial charge in [-0.15, -0.1) is 0 Å². The summed E-state index contributed by atoms with van der Waals surface area (Å²) in [4.78, 5) is 11.9. The quantitative estimate of drug-likeness (QED) is 0.855. The highest BCUT2D eigenvalue weighted by molar-refractivity contribution is 7.99. The third kappa shape index (κ3) is 5.86. The topological polar surface area (TPSA) is 59.6 Å². The average Bonchev–Trinajstić information content (AvgIpc) is 2.48. The van der Waals surface area contributed by atoms with Crippen molar-refractivity contribution in [3.8, 4) is 5.75 Å². The van der Waals surface area contributed by atoms with Crippen molar-refractivity contribution in [1.82, 2.24) is 0 Å². The Balaban J connectivity index is 2.02. The van der Waals surface area contributed by atoms with Gasteiger partial charge >= 0.3 is 6.09 Å². The number of rotatable bonds is 4. The van der Waals surface area contributed by atoms with Gasteiger partial charge in [0.25, 0.3) is 0 Å². The minimum Gasteiger partial charge on any atom is -0.494 e. The number of hydrogen-bond acceptors (Lipinski definition) is 5. The van der Waals surface area contributed by atoms with E-state index in [0.717, 1.165) is 11.4 Å². The van der Waals surface area contributed by atoms with Crippen LogP contribution in [-0.4, -0.2) is 36.4 Å². The van der Waals surface area contributed by atoms with Crippen molar-refractivity contribution in [2.75, 3.05) is 29.2 Å². The zero-order valence-corrected chi connectivity index (χ0v) is 15.1. The average molecular weight is 338 g/mol. The first kappa shape index (κ1) is 17.8. The molecule has 128 valence electrons. The highest BCUT2D eigenvalue weighted by Gasteiger charge is 2.18. The van der Waals surface area contributed by atoms with E-state index in [-0.39, 0.29) is 0 Å². The van der Waals surface area contributed by atoms with Gasteiger partial charge < -0.3 is 14.8 Å². The molecule has 0 bridgehead atoms. The van der Waals surface area contributed by atoms with Crippen molar-refractivity contribution >= 4 is 29.2 Å². The van der Waals surface area contributed by atoms with Gasteiger partial charge in [-0.3, -0.25) is 5.32 Å². The molecular weight excluding hydrogens is 312 g/mol. The molecule has 1 unspecified atom stereocenters. The predicted molar refractivity (Wildman–Crippen MR) is 96.8 cm³/mol. The number of anilines is 2. The fourth-order valence-electron chi connectivity index (χ4n) is 2.39. The molecule has 2 N–H and O–H groups in total. The molecule has 0 radical (unpaired) electrons. The van der Waals surface area contributed by atoms with E-state index >= 15 is 0 Å². The van der Waals surface area contributed by atoms with E-state index in [4.69, 9.17) is 9.47 Å². The molecule has 1 heterocycles. The number of carbonyl (C=O) groups is 1. The minimum atomic E-state index is -0.530. The number of thioether (sulfide) groups is 1. The molecule has 1 aromatic rings. The highest BCUT2D eigenvalue weighted by atomic mass is 32.2. The third-order valence-electron chi connectivity index (χ3n) is 3.37. The Labute approximate surface area is 142 Å². The number of benzene rings is 1. The van der Waals surface area contributed by atoms with Crippen LogP contribution in [0.25, 0.3) is 0 Å². The number of ether oxygens (including phenoxy) is 2. The van der Waals surface area contributed by atoms with Crippen molar-refractivity contribution in [1.29, 1.82) is 0 Å². The lowest BCUT2D eigenvalue weighted by molar-refractivity contribution is 0.0635. The maximum Gasteiger partial charge on any atom is 0.412 e. The Bertz CT molecular complexity index is 537. The normalized spacial score (nSPS) is 18.2. The molecule has 1 aliphatic heterocycles. The van der Waals surface area contributed by atoms with Crippen LogP contribution in [-0.2, 0) is 4.74 Å². The summed E-state index contributed by atoms with van der Waals surface area (Å²) >= 11 is 1.98. The minimum absolute atomic E-state index is 0.486. The predicted octanol–water partition coefficient (Wildman–Crippen LogP) is 4.35. The highest BCUT2D eigenvalue weighted by Crippen LogP contribution is 2.30. The van der Waals surface area contributed by atoms with Gasteiger partial charge in [0, 0.05) is 23.5 Å². The Hall–Kier alpha value is -1.56. The smallest absolute Gasteiger partial charge is 0.412 e. The third-order valence-corrected chi connectivity index (χ3v) is 4.58. The summed E-state index contributed by atoms with van der Waals surface area (Å²) < 4.78 is 10.7. The number of hydrogen-bond donors (Lipinski definition) is 2. The fraction of sp³-hybridized carbons (Fsp3) is 0.588. The lowest BCUT2D eigenvalue weighted by Gasteiger charge is -2.24. The molecule has 0 aliphatic carbocycles. The second-order valence-electron chi connectivity index (χ2n) is 6.60. The van der Waals surface area contributed by atoms with Crippen molar-refractivity contribution in [3.05, 3.63) is 18.2 Å². The van der Waals surface area contributed by atoms with Crippen LogP contribution in [0.3, 0.4) is 0 Å². The Morgan fingerprint density at radius 2 is 2.13 bits per heavy atom. The molecule has 1 atom stereocenters. The first-order valence-electron chi connectivity index (χ1n) is 7.90. The zero-order chi connectivity index (χ0) is 16.9. The molecule has 5 nitrogen and oxygen atoms in total. The summed E-state index contributed by atoms with van der Waals surface area (Å²) in [5.41, 5.74) is 1.08. The monoisotopic (exact) mass is 338 g/mol. The van der Waals surface area contributed by atoms with Crippen LogP contribution in [0.5, 0.6) is 5.75 Å². The van der Waals surface area contributed by atoms with Crippen molar-refractivity contribution in [2.24, 2.45) is 0 Å². The van der Waals surface area contributed by atoms with Gasteiger partial charge in [-0.1, -0.05) is 0 Å². The van der Waals surface area contributed by atoms with Crippen LogP contribution < -0.4 is 15.4 Å². The molecule has 0 spiro atoms. The summed E-state index contributed by atoms with van der Waals surface area (Å²) in [6.45, 7) is 5.50. The summed E-state index contributed by atoms with van der Waals surface area (Å²) in [5.74, 6) is 2.99. The summed E-state index contributed by atoms with van der Waals surface area (Å²) in [6, 6.07) is 6.18. The summed E-state index contributed by atoms with van der Waals surface area (Å²) in [5, 5.41) is 6.26. The van der Waals surface area contributed by atoms with E-state index in [1.165, 1.54) is 18.6 Å². The van der Waals surface area contributed by atoms with Gasteiger partial charge in [-0.05, 0) is 51.5 Å². The van der Waals surface area contributed by atoms with Gasteiger partial charge in [-0.25, -0.2) is 4.79 Å². The van der Waals surface area contributed by atoms with Crippen LogP contribution in [0.2, 0.25) is 0 Å². The van der Waals surface area contributed by atoms with E-state index in [0.29, 0.717) is 17.5 Å². The van der Waals surface area contributed by atoms with Crippen molar-refractivity contribution in [3.63, 3.8) is 0 Å². The second-order valence-corrected chi connectivity index (χ2v) is 7.75. The van der Waals surface area contributed by atoms with E-state index in [1.807, 2.05) is 50.7 Å².